The molecule has 0 aliphatic carbocycles. The van der Waals surface area contributed by atoms with Gasteiger partial charge in [-0.15, -0.1) is 0 Å². The third-order valence-electron chi connectivity index (χ3n) is 10.0. The molecule has 1 aromatic heterocycles. The molecule has 0 unspecified atom stereocenters. The molecular formula is C52H36N4. The van der Waals surface area contributed by atoms with E-state index in [4.69, 9.17) is 20.4 Å². The molecule has 9 rings (SSSR count). The molecular weight excluding hydrogens is 681 g/mol. The zero-order valence-electron chi connectivity index (χ0n) is 30.5. The summed E-state index contributed by atoms with van der Waals surface area (Å²) in [6.07, 6.45) is 1.98. The van der Waals surface area contributed by atoms with Crippen molar-refractivity contribution in [2.45, 2.75) is 0 Å². The lowest BCUT2D eigenvalue weighted by molar-refractivity contribution is 1.07. The van der Waals surface area contributed by atoms with Crippen LogP contribution in [0, 0.1) is 5.41 Å². The van der Waals surface area contributed by atoms with Crippen molar-refractivity contribution in [1.82, 2.24) is 15.0 Å². The first-order valence-corrected chi connectivity index (χ1v) is 18.7. The summed E-state index contributed by atoms with van der Waals surface area (Å²) in [6.45, 7) is 0. The lowest BCUT2D eigenvalue weighted by Crippen LogP contribution is -2.01. The second-order valence-corrected chi connectivity index (χ2v) is 13.6. The van der Waals surface area contributed by atoms with Gasteiger partial charge in [0.2, 0.25) is 0 Å². The first kappa shape index (κ1) is 34.2. The Morgan fingerprint density at radius 3 is 1.29 bits per heavy atom. The number of nitrogens with zero attached hydrogens (tertiary/aromatic N) is 3. The average molecular weight is 717 g/mol. The van der Waals surface area contributed by atoms with Crippen LogP contribution < -0.4 is 0 Å². The zero-order valence-corrected chi connectivity index (χ0v) is 30.5. The van der Waals surface area contributed by atoms with E-state index in [-0.39, 0.29) is 0 Å². The van der Waals surface area contributed by atoms with Crippen molar-refractivity contribution in [1.29, 1.82) is 5.41 Å². The first-order valence-electron chi connectivity index (χ1n) is 18.7. The van der Waals surface area contributed by atoms with Gasteiger partial charge in [-0.05, 0) is 67.4 Å². The van der Waals surface area contributed by atoms with E-state index >= 15 is 0 Å². The van der Waals surface area contributed by atoms with Crippen LogP contribution in [0.15, 0.2) is 212 Å². The molecule has 4 heteroatoms. The van der Waals surface area contributed by atoms with Gasteiger partial charge in [0.1, 0.15) is 0 Å². The highest BCUT2D eigenvalue weighted by molar-refractivity contribution is 6.13. The SMILES string of the molecule is N=C(/C=C(/c1ccccc1)c1cccc2ccc(-c3nc(-c4ccc(-c5ccccc5)cc4)nc(-c4ccc(-c5ccccc5)cc4)n3)cc12)c1ccccc1. The molecule has 0 amide bonds. The van der Waals surface area contributed by atoms with E-state index in [1.807, 2.05) is 66.7 Å². The van der Waals surface area contributed by atoms with E-state index in [0.717, 1.165) is 72.0 Å². The van der Waals surface area contributed by atoms with Crippen LogP contribution in [-0.4, -0.2) is 20.7 Å². The van der Waals surface area contributed by atoms with Gasteiger partial charge in [0.05, 0.1) is 5.71 Å². The van der Waals surface area contributed by atoms with Gasteiger partial charge >= 0.3 is 0 Å². The summed E-state index contributed by atoms with van der Waals surface area (Å²) in [7, 11) is 0. The molecule has 9 aromatic rings. The fourth-order valence-electron chi connectivity index (χ4n) is 7.07. The molecule has 0 aliphatic heterocycles. The van der Waals surface area contributed by atoms with Gasteiger partial charge < -0.3 is 5.41 Å². The van der Waals surface area contributed by atoms with Crippen molar-refractivity contribution in [2.75, 3.05) is 0 Å². The number of allylic oxidation sites excluding steroid dienone is 1. The smallest absolute Gasteiger partial charge is 0.164 e. The summed E-state index contributed by atoms with van der Waals surface area (Å²) in [4.78, 5) is 15.3. The number of hydrogen-bond donors (Lipinski definition) is 1. The maximum atomic E-state index is 9.08. The normalized spacial score (nSPS) is 11.4. The van der Waals surface area contributed by atoms with Gasteiger partial charge in [0, 0.05) is 16.7 Å². The van der Waals surface area contributed by atoms with Crippen LogP contribution in [0.2, 0.25) is 0 Å². The van der Waals surface area contributed by atoms with Gasteiger partial charge in [-0.2, -0.15) is 0 Å². The Morgan fingerprint density at radius 2 is 0.768 bits per heavy atom. The molecule has 0 atom stereocenters. The van der Waals surface area contributed by atoms with E-state index in [0.29, 0.717) is 23.2 Å². The molecule has 1 N–H and O–H groups in total. The predicted octanol–water partition coefficient (Wildman–Crippen LogP) is 12.9. The summed E-state index contributed by atoms with van der Waals surface area (Å²) >= 11 is 0. The van der Waals surface area contributed by atoms with Crippen molar-refractivity contribution in [3.63, 3.8) is 0 Å². The standard InChI is InChI=1S/C52H36N4/c53-49(42-20-11-4-12-21-42)35-48(40-18-9-3-10-19-40)46-23-13-22-41-28-33-45(34-47(41)46)52-55-50(43-29-24-38(25-30-43)36-14-5-1-6-15-36)54-51(56-52)44-31-26-39(27-32-44)37-16-7-2-8-17-37/h1-35,53H/b48-35-,53-49?. The van der Waals surface area contributed by atoms with E-state index in [1.165, 1.54) is 0 Å². The van der Waals surface area contributed by atoms with Crippen LogP contribution in [-0.2, 0) is 0 Å². The molecule has 264 valence electrons. The van der Waals surface area contributed by atoms with Crippen molar-refractivity contribution < 1.29 is 0 Å². The number of fused-ring (bicyclic) bond motifs is 1. The maximum absolute atomic E-state index is 9.08. The monoisotopic (exact) mass is 716 g/mol. The summed E-state index contributed by atoms with van der Waals surface area (Å²) in [5.41, 5.74) is 11.6. The molecule has 0 saturated heterocycles. The van der Waals surface area contributed by atoms with Crippen LogP contribution in [0.1, 0.15) is 16.7 Å². The van der Waals surface area contributed by atoms with Crippen LogP contribution in [0.3, 0.4) is 0 Å². The minimum atomic E-state index is 0.445. The van der Waals surface area contributed by atoms with Crippen LogP contribution in [0.25, 0.3) is 72.8 Å². The quantitative estimate of drug-likeness (QED) is 0.151. The maximum Gasteiger partial charge on any atom is 0.164 e. The molecule has 0 bridgehead atoms. The van der Waals surface area contributed by atoms with E-state index < -0.39 is 0 Å². The molecule has 1 heterocycles. The van der Waals surface area contributed by atoms with Crippen LogP contribution in [0.5, 0.6) is 0 Å². The fraction of sp³-hybridized carbons (Fsp3) is 0. The van der Waals surface area contributed by atoms with Gasteiger partial charge in [-0.3, -0.25) is 0 Å². The summed E-state index contributed by atoms with van der Waals surface area (Å²) in [5, 5.41) is 11.2. The Morgan fingerprint density at radius 1 is 0.357 bits per heavy atom. The Balaban J connectivity index is 1.18. The summed E-state index contributed by atoms with van der Waals surface area (Å²) in [5.74, 6) is 1.79. The minimum absolute atomic E-state index is 0.445. The topological polar surface area (TPSA) is 62.5 Å². The minimum Gasteiger partial charge on any atom is -0.300 e. The van der Waals surface area contributed by atoms with Crippen molar-refractivity contribution in [3.05, 3.63) is 229 Å². The molecule has 0 radical (unpaired) electrons. The Labute approximate surface area is 326 Å². The van der Waals surface area contributed by atoms with E-state index in [2.05, 4.69) is 146 Å². The lowest BCUT2D eigenvalue weighted by Gasteiger charge is -2.14. The molecule has 0 aliphatic rings. The van der Waals surface area contributed by atoms with Crippen LogP contribution >= 0.6 is 0 Å². The van der Waals surface area contributed by atoms with E-state index in [9.17, 15) is 0 Å². The first-order chi connectivity index (χ1) is 27.7. The third kappa shape index (κ3) is 7.20. The van der Waals surface area contributed by atoms with Crippen LogP contribution in [0.4, 0.5) is 0 Å². The summed E-state index contributed by atoms with van der Waals surface area (Å²) < 4.78 is 0. The highest BCUT2D eigenvalue weighted by Gasteiger charge is 2.16. The third-order valence-corrected chi connectivity index (χ3v) is 10.0. The summed E-state index contributed by atoms with van der Waals surface area (Å²) in [6, 6.07) is 70.4. The molecule has 0 fully saturated rings. The Hall–Kier alpha value is -7.56. The predicted molar refractivity (Wildman–Crippen MR) is 231 cm³/mol. The molecule has 0 saturated carbocycles. The van der Waals surface area contributed by atoms with Crippen molar-refractivity contribution in [2.24, 2.45) is 0 Å². The lowest BCUT2D eigenvalue weighted by atomic mass is 9.90. The van der Waals surface area contributed by atoms with Gasteiger partial charge in [-0.1, -0.05) is 200 Å². The molecule has 56 heavy (non-hydrogen) atoms. The number of nitrogens with one attached hydrogen (secondary N) is 1. The van der Waals surface area contributed by atoms with Gasteiger partial charge in [-0.25, -0.2) is 15.0 Å². The highest BCUT2D eigenvalue weighted by Crippen LogP contribution is 2.34. The van der Waals surface area contributed by atoms with E-state index in [1.54, 1.807) is 0 Å². The van der Waals surface area contributed by atoms with Crippen molar-refractivity contribution >= 4 is 22.1 Å². The largest absolute Gasteiger partial charge is 0.300 e. The van der Waals surface area contributed by atoms with Gasteiger partial charge in [0.25, 0.3) is 0 Å². The molecule has 4 nitrogen and oxygen atoms in total. The number of hydrogen-bond acceptors (Lipinski definition) is 4. The number of rotatable bonds is 9. The Bertz CT molecular complexity index is 2710. The number of aromatic nitrogens is 3. The fourth-order valence-corrected chi connectivity index (χ4v) is 7.07. The Kier molecular flexibility index (Phi) is 9.43. The average Bonchev–Trinajstić information content (AvgIpc) is 3.29. The van der Waals surface area contributed by atoms with Crippen molar-refractivity contribution in [3.8, 4) is 56.4 Å². The molecule has 8 aromatic carbocycles. The number of benzene rings is 8. The second-order valence-electron chi connectivity index (χ2n) is 13.6. The zero-order chi connectivity index (χ0) is 37.7. The van der Waals surface area contributed by atoms with Gasteiger partial charge in [0.15, 0.2) is 17.5 Å². The molecule has 0 spiro atoms. The highest BCUT2D eigenvalue weighted by atomic mass is 15.0. The second kappa shape index (κ2) is 15.4.